The van der Waals surface area contributed by atoms with Gasteiger partial charge in [0.15, 0.2) is 0 Å². The van der Waals surface area contributed by atoms with Gasteiger partial charge in [-0.1, -0.05) is 12.1 Å². The second-order valence-corrected chi connectivity index (χ2v) is 7.39. The normalized spacial score (nSPS) is 17.2. The minimum absolute atomic E-state index is 0.00114. The van der Waals surface area contributed by atoms with Gasteiger partial charge in [0, 0.05) is 19.1 Å². The van der Waals surface area contributed by atoms with E-state index in [9.17, 15) is 18.0 Å². The molecule has 0 radical (unpaired) electrons. The van der Waals surface area contributed by atoms with E-state index in [1.807, 2.05) is 0 Å². The maximum atomic E-state index is 12.8. The summed E-state index contributed by atoms with van der Waals surface area (Å²) in [5, 5.41) is 11.3. The number of carboxylic acid groups (broad SMARTS) is 1. The van der Waals surface area contributed by atoms with Crippen molar-refractivity contribution in [3.63, 3.8) is 0 Å². The van der Waals surface area contributed by atoms with E-state index in [1.165, 1.54) is 16.4 Å². The summed E-state index contributed by atoms with van der Waals surface area (Å²) in [6, 6.07) is 5.28. The smallest absolute Gasteiger partial charge is 0.305 e. The summed E-state index contributed by atoms with van der Waals surface area (Å²) in [4.78, 5) is 23.0. The second-order valence-electron chi connectivity index (χ2n) is 5.48. The molecule has 2 rings (SSSR count). The number of hydrogen-bond donors (Lipinski definition) is 2. The lowest BCUT2D eigenvalue weighted by atomic mass is 10.2. The van der Waals surface area contributed by atoms with Crippen LogP contribution in [0.25, 0.3) is 0 Å². The first-order valence-electron chi connectivity index (χ1n) is 7.52. The minimum atomic E-state index is -3.82. The molecule has 8 nitrogen and oxygen atoms in total. The first-order chi connectivity index (χ1) is 11.3. The SMILES string of the molecule is CC(CC(=O)O)NC(=O)c1ccccc1S(=O)(=O)N1CCOCC1. The number of nitrogens with zero attached hydrogens (tertiary/aromatic N) is 1. The molecule has 132 valence electrons. The molecule has 1 amide bonds. The Bertz CT molecular complexity index is 712. The number of hydrogen-bond acceptors (Lipinski definition) is 5. The number of aliphatic carboxylic acids is 1. The van der Waals surface area contributed by atoms with E-state index < -0.39 is 27.9 Å². The lowest BCUT2D eigenvalue weighted by molar-refractivity contribution is -0.137. The Morgan fingerprint density at radius 1 is 1.29 bits per heavy atom. The summed E-state index contributed by atoms with van der Waals surface area (Å²) in [7, 11) is -3.82. The molecule has 0 aromatic heterocycles. The van der Waals surface area contributed by atoms with Crippen molar-refractivity contribution in [3.8, 4) is 0 Å². The molecule has 2 N–H and O–H groups in total. The van der Waals surface area contributed by atoms with Crippen LogP contribution in [0.2, 0.25) is 0 Å². The zero-order valence-electron chi connectivity index (χ0n) is 13.3. The maximum Gasteiger partial charge on any atom is 0.305 e. The van der Waals surface area contributed by atoms with Gasteiger partial charge in [-0.3, -0.25) is 9.59 Å². The minimum Gasteiger partial charge on any atom is -0.481 e. The lowest BCUT2D eigenvalue weighted by Gasteiger charge is -2.27. The lowest BCUT2D eigenvalue weighted by Crippen LogP contribution is -2.42. The average molecular weight is 356 g/mol. The Kier molecular flexibility index (Phi) is 5.92. The van der Waals surface area contributed by atoms with Crippen molar-refractivity contribution in [2.45, 2.75) is 24.3 Å². The van der Waals surface area contributed by atoms with Gasteiger partial charge in [-0.15, -0.1) is 0 Å². The van der Waals surface area contributed by atoms with Gasteiger partial charge in [0.05, 0.1) is 30.1 Å². The standard InChI is InChI=1S/C15H20N2O6S/c1-11(10-14(18)19)16-15(20)12-4-2-3-5-13(12)24(21,22)17-6-8-23-9-7-17/h2-5,11H,6-10H2,1H3,(H,16,20)(H,18,19). The molecule has 0 saturated carbocycles. The van der Waals surface area contributed by atoms with Gasteiger partial charge in [-0.25, -0.2) is 8.42 Å². The summed E-state index contributed by atoms with van der Waals surface area (Å²) >= 11 is 0. The van der Waals surface area contributed by atoms with Crippen LogP contribution in [0.1, 0.15) is 23.7 Å². The number of sulfonamides is 1. The van der Waals surface area contributed by atoms with Gasteiger partial charge in [0.2, 0.25) is 10.0 Å². The largest absolute Gasteiger partial charge is 0.481 e. The van der Waals surface area contributed by atoms with Gasteiger partial charge in [0.25, 0.3) is 5.91 Å². The van der Waals surface area contributed by atoms with Crippen LogP contribution in [0, 0.1) is 0 Å². The number of carbonyl (C=O) groups excluding carboxylic acids is 1. The van der Waals surface area contributed by atoms with Crippen molar-refractivity contribution in [3.05, 3.63) is 29.8 Å². The monoisotopic (exact) mass is 356 g/mol. The van der Waals surface area contributed by atoms with Crippen molar-refractivity contribution in [1.82, 2.24) is 9.62 Å². The van der Waals surface area contributed by atoms with Crippen LogP contribution in [0.4, 0.5) is 0 Å². The third kappa shape index (κ3) is 4.31. The Balaban J connectivity index is 2.26. The van der Waals surface area contributed by atoms with Crippen molar-refractivity contribution < 1.29 is 27.9 Å². The van der Waals surface area contributed by atoms with Gasteiger partial charge in [-0.05, 0) is 19.1 Å². The van der Waals surface area contributed by atoms with Crippen molar-refractivity contribution in [2.24, 2.45) is 0 Å². The number of ether oxygens (including phenoxy) is 1. The van der Waals surface area contributed by atoms with Crippen molar-refractivity contribution in [1.29, 1.82) is 0 Å². The molecule has 1 saturated heterocycles. The first-order valence-corrected chi connectivity index (χ1v) is 8.96. The van der Waals surface area contributed by atoms with Crippen LogP contribution in [0.5, 0.6) is 0 Å². The summed E-state index contributed by atoms with van der Waals surface area (Å²) in [6.07, 6.45) is -0.246. The molecule has 9 heteroatoms. The first kappa shape index (κ1) is 18.4. The van der Waals surface area contributed by atoms with E-state index >= 15 is 0 Å². The molecule has 1 aromatic rings. The fourth-order valence-corrected chi connectivity index (χ4v) is 4.02. The van der Waals surface area contributed by atoms with Crippen LogP contribution >= 0.6 is 0 Å². The molecule has 1 aliphatic heterocycles. The van der Waals surface area contributed by atoms with E-state index in [2.05, 4.69) is 5.32 Å². The van der Waals surface area contributed by atoms with Crippen molar-refractivity contribution in [2.75, 3.05) is 26.3 Å². The fraction of sp³-hybridized carbons (Fsp3) is 0.467. The molecule has 1 aromatic carbocycles. The zero-order valence-corrected chi connectivity index (χ0v) is 14.1. The molecule has 1 atom stereocenters. The summed E-state index contributed by atoms with van der Waals surface area (Å²) < 4.78 is 32.0. The van der Waals surface area contributed by atoms with Crippen LogP contribution in [0.15, 0.2) is 29.2 Å². The zero-order chi connectivity index (χ0) is 17.7. The molecule has 24 heavy (non-hydrogen) atoms. The molecule has 1 heterocycles. The van der Waals surface area contributed by atoms with Crippen LogP contribution in [-0.4, -0.2) is 62.1 Å². The number of morpholine rings is 1. The van der Waals surface area contributed by atoms with E-state index in [0.29, 0.717) is 13.2 Å². The molecule has 0 aliphatic carbocycles. The Labute approximate surface area is 140 Å². The van der Waals surface area contributed by atoms with Crippen LogP contribution in [0.3, 0.4) is 0 Å². The molecule has 0 bridgehead atoms. The van der Waals surface area contributed by atoms with Gasteiger partial charge in [0.1, 0.15) is 0 Å². The Morgan fingerprint density at radius 2 is 1.92 bits per heavy atom. The number of nitrogens with one attached hydrogen (secondary N) is 1. The third-order valence-electron chi connectivity index (χ3n) is 3.58. The predicted octanol–water partition coefficient (Wildman–Crippen LogP) is 0.301. The highest BCUT2D eigenvalue weighted by Gasteiger charge is 2.30. The summed E-state index contributed by atoms with van der Waals surface area (Å²) in [6.45, 7) is 2.62. The highest BCUT2D eigenvalue weighted by atomic mass is 32.2. The molecular weight excluding hydrogens is 336 g/mol. The third-order valence-corrected chi connectivity index (χ3v) is 5.53. The molecule has 0 spiro atoms. The number of amides is 1. The Morgan fingerprint density at radius 3 is 2.54 bits per heavy atom. The average Bonchev–Trinajstić information content (AvgIpc) is 2.54. The van der Waals surface area contributed by atoms with Crippen molar-refractivity contribution >= 4 is 21.9 Å². The molecule has 1 aliphatic rings. The number of rotatable bonds is 6. The van der Waals surface area contributed by atoms with E-state index in [0.717, 1.165) is 0 Å². The topological polar surface area (TPSA) is 113 Å². The van der Waals surface area contributed by atoms with Gasteiger partial charge < -0.3 is 15.2 Å². The van der Waals surface area contributed by atoms with Gasteiger partial charge >= 0.3 is 5.97 Å². The van der Waals surface area contributed by atoms with E-state index in [-0.39, 0.29) is 30.0 Å². The summed E-state index contributed by atoms with van der Waals surface area (Å²) in [5.41, 5.74) is 0.00114. The van der Waals surface area contributed by atoms with Gasteiger partial charge in [-0.2, -0.15) is 4.31 Å². The number of carboxylic acids is 1. The van der Waals surface area contributed by atoms with E-state index in [1.54, 1.807) is 19.1 Å². The summed E-state index contributed by atoms with van der Waals surface area (Å²) in [5.74, 6) is -1.66. The number of carbonyl (C=O) groups is 2. The highest BCUT2D eigenvalue weighted by molar-refractivity contribution is 7.89. The highest BCUT2D eigenvalue weighted by Crippen LogP contribution is 2.21. The second kappa shape index (κ2) is 7.73. The van der Waals surface area contributed by atoms with E-state index in [4.69, 9.17) is 9.84 Å². The molecule has 1 unspecified atom stereocenters. The fourth-order valence-electron chi connectivity index (χ4n) is 2.42. The number of benzene rings is 1. The predicted molar refractivity (Wildman–Crippen MR) is 85.2 cm³/mol. The maximum absolute atomic E-state index is 12.8. The Hall–Kier alpha value is -1.97. The van der Waals surface area contributed by atoms with Crippen LogP contribution < -0.4 is 5.32 Å². The molecule has 1 fully saturated rings. The van der Waals surface area contributed by atoms with Crippen LogP contribution in [-0.2, 0) is 19.6 Å². The molecular formula is C15H20N2O6S. The quantitative estimate of drug-likeness (QED) is 0.758.